The molecule has 0 aliphatic carbocycles. The van der Waals surface area contributed by atoms with Gasteiger partial charge in [0.05, 0.1) is 12.0 Å². The zero-order valence-corrected chi connectivity index (χ0v) is 10.4. The zero-order chi connectivity index (χ0) is 12.4. The van der Waals surface area contributed by atoms with Crippen LogP contribution >= 0.6 is 0 Å². The maximum atomic E-state index is 5.29. The number of aromatic nitrogens is 1. The molecule has 3 heterocycles. The van der Waals surface area contributed by atoms with E-state index in [1.165, 1.54) is 0 Å². The van der Waals surface area contributed by atoms with Gasteiger partial charge in [0.1, 0.15) is 0 Å². The lowest BCUT2D eigenvalue weighted by molar-refractivity contribution is 0.195. The standard InChI is InChI=1S/C13H17N3O2/c1-10-8-16(5-4-14-10)9-11-7-13(18-15-11)12-3-2-6-17-12/h2-3,6-7,10,14H,4-5,8-9H2,1H3/t10-/m1/s1. The summed E-state index contributed by atoms with van der Waals surface area (Å²) in [5.41, 5.74) is 0.954. The van der Waals surface area contributed by atoms with Crippen molar-refractivity contribution in [2.45, 2.75) is 19.5 Å². The first-order valence-electron chi connectivity index (χ1n) is 6.26. The van der Waals surface area contributed by atoms with E-state index >= 15 is 0 Å². The van der Waals surface area contributed by atoms with Gasteiger partial charge in [-0.1, -0.05) is 5.16 Å². The number of nitrogens with one attached hydrogen (secondary N) is 1. The third-order valence-corrected chi connectivity index (χ3v) is 3.16. The average molecular weight is 247 g/mol. The van der Waals surface area contributed by atoms with Gasteiger partial charge < -0.3 is 14.3 Å². The summed E-state index contributed by atoms with van der Waals surface area (Å²) in [6, 6.07) is 6.20. The van der Waals surface area contributed by atoms with E-state index in [1.807, 2.05) is 18.2 Å². The molecule has 1 fully saturated rings. The monoisotopic (exact) mass is 247 g/mol. The Morgan fingerprint density at radius 3 is 3.22 bits per heavy atom. The molecular formula is C13H17N3O2. The molecule has 2 aromatic heterocycles. The SMILES string of the molecule is C[C@@H]1CN(Cc2cc(-c3ccco3)on2)CCN1. The third-order valence-electron chi connectivity index (χ3n) is 3.16. The Morgan fingerprint density at radius 2 is 2.44 bits per heavy atom. The molecule has 5 heteroatoms. The quantitative estimate of drug-likeness (QED) is 0.895. The van der Waals surface area contributed by atoms with Crippen LogP contribution < -0.4 is 5.32 Å². The maximum Gasteiger partial charge on any atom is 0.202 e. The molecule has 96 valence electrons. The summed E-state index contributed by atoms with van der Waals surface area (Å²) in [7, 11) is 0. The van der Waals surface area contributed by atoms with Crippen LogP contribution in [0.2, 0.25) is 0 Å². The molecule has 1 saturated heterocycles. The van der Waals surface area contributed by atoms with Gasteiger partial charge in [-0.15, -0.1) is 0 Å². The maximum absolute atomic E-state index is 5.29. The van der Waals surface area contributed by atoms with Crippen LogP contribution in [-0.2, 0) is 6.54 Å². The highest BCUT2D eigenvalue weighted by molar-refractivity contribution is 5.49. The van der Waals surface area contributed by atoms with Crippen LogP contribution in [0, 0.1) is 0 Å². The summed E-state index contributed by atoms with van der Waals surface area (Å²) in [5, 5.41) is 7.52. The Labute approximate surface area is 106 Å². The topological polar surface area (TPSA) is 54.4 Å². The lowest BCUT2D eigenvalue weighted by Crippen LogP contribution is -2.48. The first-order chi connectivity index (χ1) is 8.81. The van der Waals surface area contributed by atoms with Crippen molar-refractivity contribution in [1.29, 1.82) is 0 Å². The zero-order valence-electron chi connectivity index (χ0n) is 10.4. The Kier molecular flexibility index (Phi) is 3.17. The minimum atomic E-state index is 0.537. The molecule has 0 bridgehead atoms. The van der Waals surface area contributed by atoms with Crippen LogP contribution in [0.25, 0.3) is 11.5 Å². The first-order valence-corrected chi connectivity index (χ1v) is 6.26. The van der Waals surface area contributed by atoms with E-state index in [9.17, 15) is 0 Å². The molecule has 0 spiro atoms. The van der Waals surface area contributed by atoms with Gasteiger partial charge in [0.15, 0.2) is 5.76 Å². The number of furan rings is 1. The molecule has 3 rings (SSSR count). The van der Waals surface area contributed by atoms with Crippen LogP contribution in [0.5, 0.6) is 0 Å². The molecule has 1 aliphatic heterocycles. The van der Waals surface area contributed by atoms with E-state index in [1.54, 1.807) is 6.26 Å². The highest BCUT2D eigenvalue weighted by Gasteiger charge is 2.17. The van der Waals surface area contributed by atoms with Gasteiger partial charge >= 0.3 is 0 Å². The van der Waals surface area contributed by atoms with Gasteiger partial charge in [0, 0.05) is 38.3 Å². The summed E-state index contributed by atoms with van der Waals surface area (Å²) < 4.78 is 10.6. The van der Waals surface area contributed by atoms with Crippen LogP contribution in [0.4, 0.5) is 0 Å². The van der Waals surface area contributed by atoms with Gasteiger partial charge in [-0.3, -0.25) is 4.90 Å². The summed E-state index contributed by atoms with van der Waals surface area (Å²) in [4.78, 5) is 2.38. The summed E-state index contributed by atoms with van der Waals surface area (Å²) in [6.45, 7) is 6.15. The van der Waals surface area contributed by atoms with E-state index < -0.39 is 0 Å². The Hall–Kier alpha value is -1.59. The fraction of sp³-hybridized carbons (Fsp3) is 0.462. The lowest BCUT2D eigenvalue weighted by Gasteiger charge is -2.30. The summed E-state index contributed by atoms with van der Waals surface area (Å²) in [6.07, 6.45) is 1.63. The minimum Gasteiger partial charge on any atom is -0.461 e. The van der Waals surface area contributed by atoms with Gasteiger partial charge in [0.25, 0.3) is 0 Å². The van der Waals surface area contributed by atoms with E-state index in [-0.39, 0.29) is 0 Å². The molecule has 1 aliphatic rings. The minimum absolute atomic E-state index is 0.537. The number of hydrogen-bond donors (Lipinski definition) is 1. The first kappa shape index (κ1) is 11.5. The molecule has 18 heavy (non-hydrogen) atoms. The van der Waals surface area contributed by atoms with Crippen LogP contribution in [0.1, 0.15) is 12.6 Å². The predicted molar refractivity (Wildman–Crippen MR) is 66.9 cm³/mol. The lowest BCUT2D eigenvalue weighted by atomic mass is 10.2. The second-order valence-corrected chi connectivity index (χ2v) is 4.75. The van der Waals surface area contributed by atoms with Crippen LogP contribution in [0.15, 0.2) is 33.4 Å². The molecule has 0 radical (unpaired) electrons. The molecule has 0 unspecified atom stereocenters. The molecule has 0 saturated carbocycles. The van der Waals surface area contributed by atoms with Gasteiger partial charge in [-0.2, -0.15) is 0 Å². The fourth-order valence-electron chi connectivity index (χ4n) is 2.31. The van der Waals surface area contributed by atoms with Crippen molar-refractivity contribution in [3.63, 3.8) is 0 Å². The largest absolute Gasteiger partial charge is 0.461 e. The van der Waals surface area contributed by atoms with E-state index in [0.717, 1.165) is 37.6 Å². The highest BCUT2D eigenvalue weighted by Crippen LogP contribution is 2.21. The second-order valence-electron chi connectivity index (χ2n) is 4.75. The number of hydrogen-bond acceptors (Lipinski definition) is 5. The average Bonchev–Trinajstić information content (AvgIpc) is 2.98. The van der Waals surface area contributed by atoms with Crippen LogP contribution in [0.3, 0.4) is 0 Å². The summed E-state index contributed by atoms with van der Waals surface area (Å²) >= 11 is 0. The van der Waals surface area contributed by atoms with Gasteiger partial charge in [-0.05, 0) is 19.1 Å². The van der Waals surface area contributed by atoms with E-state index in [4.69, 9.17) is 8.94 Å². The van der Waals surface area contributed by atoms with Crippen molar-refractivity contribution < 1.29 is 8.94 Å². The highest BCUT2D eigenvalue weighted by atomic mass is 16.5. The van der Waals surface area contributed by atoms with Crippen molar-refractivity contribution in [3.05, 3.63) is 30.2 Å². The molecular weight excluding hydrogens is 230 g/mol. The van der Waals surface area contributed by atoms with Crippen molar-refractivity contribution >= 4 is 0 Å². The summed E-state index contributed by atoms with van der Waals surface area (Å²) in [5.74, 6) is 1.42. The van der Waals surface area contributed by atoms with Crippen molar-refractivity contribution in [2.24, 2.45) is 0 Å². The molecule has 1 atom stereocenters. The normalized spacial score (nSPS) is 21.3. The molecule has 1 N–H and O–H groups in total. The second kappa shape index (κ2) is 4.96. The van der Waals surface area contributed by atoms with E-state index in [2.05, 4.69) is 22.3 Å². The predicted octanol–water partition coefficient (Wildman–Crippen LogP) is 1.73. The van der Waals surface area contributed by atoms with Crippen molar-refractivity contribution in [3.8, 4) is 11.5 Å². The molecule has 0 amide bonds. The number of piperazine rings is 1. The van der Waals surface area contributed by atoms with Crippen molar-refractivity contribution in [2.75, 3.05) is 19.6 Å². The Morgan fingerprint density at radius 1 is 1.50 bits per heavy atom. The number of nitrogens with zero attached hydrogens (tertiary/aromatic N) is 2. The molecule has 5 nitrogen and oxygen atoms in total. The Balaban J connectivity index is 1.66. The van der Waals surface area contributed by atoms with Gasteiger partial charge in [0.2, 0.25) is 5.76 Å². The van der Waals surface area contributed by atoms with Crippen LogP contribution in [-0.4, -0.2) is 35.7 Å². The molecule has 0 aromatic carbocycles. The third kappa shape index (κ3) is 2.47. The number of rotatable bonds is 3. The van der Waals surface area contributed by atoms with Gasteiger partial charge in [-0.25, -0.2) is 0 Å². The van der Waals surface area contributed by atoms with Crippen molar-refractivity contribution in [1.82, 2.24) is 15.4 Å². The van der Waals surface area contributed by atoms with E-state index in [0.29, 0.717) is 11.8 Å². The molecule has 2 aromatic rings. The smallest absolute Gasteiger partial charge is 0.202 e. The Bertz CT molecular complexity index is 492. The fourth-order valence-corrected chi connectivity index (χ4v) is 2.31.